The van der Waals surface area contributed by atoms with E-state index in [4.69, 9.17) is 20.8 Å². The van der Waals surface area contributed by atoms with Gasteiger partial charge in [0.15, 0.2) is 0 Å². The third-order valence-electron chi connectivity index (χ3n) is 4.10. The van der Waals surface area contributed by atoms with Gasteiger partial charge in [0.25, 0.3) is 0 Å². The number of methoxy groups -OCH3 is 1. The zero-order chi connectivity index (χ0) is 17.1. The third kappa shape index (κ3) is 3.61. The summed E-state index contributed by atoms with van der Waals surface area (Å²) in [6.07, 6.45) is 0. The first-order chi connectivity index (χ1) is 11.6. The number of ether oxygens (including phenoxy) is 1. The quantitative estimate of drug-likeness (QED) is 0.723. The van der Waals surface area contributed by atoms with E-state index in [9.17, 15) is 4.79 Å². The van der Waals surface area contributed by atoms with Crippen LogP contribution in [0.4, 0.5) is 0 Å². The molecule has 5 heteroatoms. The Bertz CT molecular complexity index is 920. The van der Waals surface area contributed by atoms with Gasteiger partial charge in [0.2, 0.25) is 0 Å². The summed E-state index contributed by atoms with van der Waals surface area (Å²) in [6, 6.07) is 15.1. The van der Waals surface area contributed by atoms with Gasteiger partial charge in [-0.05, 0) is 31.2 Å². The first-order valence-electron chi connectivity index (χ1n) is 7.76. The summed E-state index contributed by atoms with van der Waals surface area (Å²) < 4.78 is 10.5. The Morgan fingerprint density at radius 2 is 2.04 bits per heavy atom. The van der Waals surface area contributed by atoms with Crippen molar-refractivity contribution in [2.24, 2.45) is 0 Å². The Morgan fingerprint density at radius 1 is 1.21 bits per heavy atom. The number of nitrogens with two attached hydrogens (primary N) is 1. The lowest BCUT2D eigenvalue weighted by Crippen LogP contribution is -2.83. The SMILES string of the molecule is COc1ccc2c(C[NH2+][C@H](C)c3cccc(Cl)c3)cc(=O)oc2c1. The molecule has 3 rings (SSSR count). The van der Waals surface area contributed by atoms with E-state index in [1.165, 1.54) is 0 Å². The summed E-state index contributed by atoms with van der Waals surface area (Å²) >= 11 is 6.05. The molecule has 0 fully saturated rings. The van der Waals surface area contributed by atoms with Crippen molar-refractivity contribution in [2.45, 2.75) is 19.5 Å². The molecule has 124 valence electrons. The molecule has 0 radical (unpaired) electrons. The molecule has 1 aromatic heterocycles. The number of fused-ring (bicyclic) bond motifs is 1. The highest BCUT2D eigenvalue weighted by Gasteiger charge is 2.12. The minimum Gasteiger partial charge on any atom is -0.497 e. The summed E-state index contributed by atoms with van der Waals surface area (Å²) in [5, 5.41) is 3.82. The van der Waals surface area contributed by atoms with Crippen molar-refractivity contribution in [3.8, 4) is 5.75 Å². The number of benzene rings is 2. The molecule has 0 spiro atoms. The fourth-order valence-electron chi connectivity index (χ4n) is 2.74. The van der Waals surface area contributed by atoms with Gasteiger partial charge in [-0.3, -0.25) is 0 Å². The van der Waals surface area contributed by atoms with Gasteiger partial charge in [-0.25, -0.2) is 4.79 Å². The highest BCUT2D eigenvalue weighted by molar-refractivity contribution is 6.30. The minimum atomic E-state index is -0.352. The number of hydrogen-bond donors (Lipinski definition) is 1. The highest BCUT2D eigenvalue weighted by atomic mass is 35.5. The lowest BCUT2D eigenvalue weighted by atomic mass is 10.1. The molecule has 0 amide bonds. The van der Waals surface area contributed by atoms with E-state index in [2.05, 4.69) is 18.3 Å². The summed E-state index contributed by atoms with van der Waals surface area (Å²) in [5.41, 5.74) is 2.28. The predicted molar refractivity (Wildman–Crippen MR) is 94.5 cm³/mol. The van der Waals surface area contributed by atoms with E-state index in [1.807, 2.05) is 30.3 Å². The lowest BCUT2D eigenvalue weighted by Gasteiger charge is -2.12. The molecule has 1 heterocycles. The Hall–Kier alpha value is -2.30. The van der Waals surface area contributed by atoms with Crippen molar-refractivity contribution >= 4 is 22.6 Å². The van der Waals surface area contributed by atoms with Crippen LogP contribution in [0.1, 0.15) is 24.1 Å². The van der Waals surface area contributed by atoms with Gasteiger partial charge in [-0.1, -0.05) is 23.7 Å². The third-order valence-corrected chi connectivity index (χ3v) is 4.34. The van der Waals surface area contributed by atoms with E-state index in [0.717, 1.165) is 21.5 Å². The van der Waals surface area contributed by atoms with E-state index in [0.29, 0.717) is 17.9 Å². The average molecular weight is 345 g/mol. The number of rotatable bonds is 5. The molecule has 0 saturated heterocycles. The van der Waals surface area contributed by atoms with Gasteiger partial charge in [-0.15, -0.1) is 0 Å². The summed E-state index contributed by atoms with van der Waals surface area (Å²) in [5.74, 6) is 0.666. The monoisotopic (exact) mass is 344 g/mol. The topological polar surface area (TPSA) is 56.0 Å². The number of hydrogen-bond acceptors (Lipinski definition) is 3. The van der Waals surface area contributed by atoms with Crippen LogP contribution in [0.25, 0.3) is 11.0 Å². The maximum absolute atomic E-state index is 11.8. The fourth-order valence-corrected chi connectivity index (χ4v) is 2.93. The van der Waals surface area contributed by atoms with Crippen LogP contribution in [-0.4, -0.2) is 7.11 Å². The maximum Gasteiger partial charge on any atom is 0.336 e. The normalized spacial score (nSPS) is 12.3. The zero-order valence-electron chi connectivity index (χ0n) is 13.6. The van der Waals surface area contributed by atoms with E-state index in [-0.39, 0.29) is 11.7 Å². The van der Waals surface area contributed by atoms with Crippen LogP contribution in [-0.2, 0) is 6.54 Å². The standard InChI is InChI=1S/C19H18ClNO3/c1-12(13-4-3-5-15(20)8-13)21-11-14-9-19(22)24-18-10-16(23-2)6-7-17(14)18/h3-10,12,21H,11H2,1-2H3/p+1/t12-/m1/s1. The van der Waals surface area contributed by atoms with Gasteiger partial charge >= 0.3 is 5.63 Å². The van der Waals surface area contributed by atoms with Crippen LogP contribution in [0.2, 0.25) is 5.02 Å². The molecule has 4 nitrogen and oxygen atoms in total. The van der Waals surface area contributed by atoms with Gasteiger partial charge < -0.3 is 14.5 Å². The Kier molecular flexibility index (Phi) is 4.88. The molecule has 1 atom stereocenters. The molecule has 2 aromatic carbocycles. The summed E-state index contributed by atoms with van der Waals surface area (Å²) in [6.45, 7) is 2.78. The Morgan fingerprint density at radius 3 is 2.79 bits per heavy atom. The number of halogens is 1. The van der Waals surface area contributed by atoms with Crippen molar-refractivity contribution in [1.82, 2.24) is 0 Å². The van der Waals surface area contributed by atoms with Gasteiger partial charge in [0.1, 0.15) is 23.9 Å². The average Bonchev–Trinajstić information content (AvgIpc) is 2.58. The Labute approximate surface area is 145 Å². The summed E-state index contributed by atoms with van der Waals surface area (Å²) in [4.78, 5) is 11.8. The van der Waals surface area contributed by atoms with Gasteiger partial charge in [-0.2, -0.15) is 0 Å². The molecular weight excluding hydrogens is 326 g/mol. The largest absolute Gasteiger partial charge is 0.497 e. The second-order valence-corrected chi connectivity index (χ2v) is 6.17. The Balaban J connectivity index is 1.86. The minimum absolute atomic E-state index is 0.226. The van der Waals surface area contributed by atoms with Crippen LogP contribution < -0.4 is 15.7 Å². The second-order valence-electron chi connectivity index (χ2n) is 5.74. The molecule has 0 aliphatic carbocycles. The van der Waals surface area contributed by atoms with E-state index in [1.54, 1.807) is 19.2 Å². The van der Waals surface area contributed by atoms with Crippen molar-refractivity contribution < 1.29 is 14.5 Å². The second kappa shape index (κ2) is 7.07. The highest BCUT2D eigenvalue weighted by Crippen LogP contribution is 2.22. The molecule has 0 bridgehead atoms. The lowest BCUT2D eigenvalue weighted by molar-refractivity contribution is -0.707. The summed E-state index contributed by atoms with van der Waals surface area (Å²) in [7, 11) is 1.59. The molecular formula is C19H19ClNO3+. The first kappa shape index (κ1) is 16.6. The molecule has 0 aliphatic heterocycles. The fraction of sp³-hybridized carbons (Fsp3) is 0.211. The first-order valence-corrected chi connectivity index (χ1v) is 8.14. The van der Waals surface area contributed by atoms with E-state index < -0.39 is 0 Å². The molecule has 0 aliphatic rings. The van der Waals surface area contributed by atoms with Crippen molar-refractivity contribution in [2.75, 3.05) is 7.11 Å². The zero-order valence-corrected chi connectivity index (χ0v) is 14.3. The smallest absolute Gasteiger partial charge is 0.336 e. The van der Waals surface area contributed by atoms with E-state index >= 15 is 0 Å². The molecule has 2 N–H and O–H groups in total. The number of quaternary nitrogens is 1. The predicted octanol–water partition coefficient (Wildman–Crippen LogP) is 3.28. The van der Waals surface area contributed by atoms with Crippen molar-refractivity contribution in [1.29, 1.82) is 0 Å². The molecule has 3 aromatic rings. The molecule has 0 saturated carbocycles. The van der Waals surface area contributed by atoms with Crippen LogP contribution >= 0.6 is 11.6 Å². The van der Waals surface area contributed by atoms with Crippen LogP contribution in [0.15, 0.2) is 57.7 Å². The van der Waals surface area contributed by atoms with Crippen molar-refractivity contribution in [3.63, 3.8) is 0 Å². The van der Waals surface area contributed by atoms with Gasteiger partial charge in [0, 0.05) is 33.7 Å². The molecule has 24 heavy (non-hydrogen) atoms. The van der Waals surface area contributed by atoms with Gasteiger partial charge in [0.05, 0.1) is 7.11 Å². The molecule has 0 unspecified atom stereocenters. The van der Waals surface area contributed by atoms with Crippen LogP contribution in [0, 0.1) is 0 Å². The maximum atomic E-state index is 11.8. The van der Waals surface area contributed by atoms with Crippen molar-refractivity contribution in [3.05, 3.63) is 75.1 Å². The van der Waals surface area contributed by atoms with Crippen LogP contribution in [0.3, 0.4) is 0 Å². The van der Waals surface area contributed by atoms with Crippen LogP contribution in [0.5, 0.6) is 5.75 Å².